The highest BCUT2D eigenvalue weighted by Crippen LogP contribution is 2.40. The molecule has 0 saturated heterocycles. The van der Waals surface area contributed by atoms with Crippen LogP contribution in [0, 0.1) is 0 Å². The average Bonchev–Trinajstić information content (AvgIpc) is 3.41. The number of hydrogen-bond donors (Lipinski definition) is 2. The summed E-state index contributed by atoms with van der Waals surface area (Å²) in [6.45, 7) is -0.749. The van der Waals surface area contributed by atoms with Gasteiger partial charge in [-0.05, 0) is 31.7 Å². The molecule has 1 aromatic rings. The van der Waals surface area contributed by atoms with E-state index in [4.69, 9.17) is 0 Å². The Balaban J connectivity index is 1.68. The molecule has 0 unspecified atom stereocenters. The molecule has 2 fully saturated rings. The van der Waals surface area contributed by atoms with Crippen LogP contribution >= 0.6 is 0 Å². The number of alkyl halides is 3. The summed E-state index contributed by atoms with van der Waals surface area (Å²) in [5, 5.41) is 8.61. The Hall–Kier alpha value is -2.39. The highest BCUT2D eigenvalue weighted by atomic mass is 19.4. The molecule has 1 aromatic heterocycles. The van der Waals surface area contributed by atoms with Gasteiger partial charge in [0, 0.05) is 12.0 Å². The van der Waals surface area contributed by atoms with E-state index in [-0.39, 0.29) is 17.7 Å². The zero-order chi connectivity index (χ0) is 19.6. The van der Waals surface area contributed by atoms with Gasteiger partial charge in [0.2, 0.25) is 5.91 Å². The molecule has 1 heterocycles. The van der Waals surface area contributed by atoms with Gasteiger partial charge in [0.25, 0.3) is 5.56 Å². The maximum absolute atomic E-state index is 13.1. The third-order valence-corrected chi connectivity index (χ3v) is 4.78. The van der Waals surface area contributed by atoms with Crippen molar-refractivity contribution in [3.05, 3.63) is 27.7 Å². The molecule has 0 radical (unpaired) electrons. The predicted molar refractivity (Wildman–Crippen MR) is 89.0 cm³/mol. The Morgan fingerprint density at radius 2 is 1.81 bits per heavy atom. The van der Waals surface area contributed by atoms with Gasteiger partial charge in [-0.3, -0.25) is 14.9 Å². The van der Waals surface area contributed by atoms with Gasteiger partial charge in [0.05, 0.1) is 5.69 Å². The minimum absolute atomic E-state index is 0.0255. The maximum atomic E-state index is 13.1. The summed E-state index contributed by atoms with van der Waals surface area (Å²) in [7, 11) is 0. The Morgan fingerprint density at radius 1 is 1.15 bits per heavy atom. The summed E-state index contributed by atoms with van der Waals surface area (Å²) >= 11 is 0. The number of imide groups is 1. The molecule has 10 heteroatoms. The molecule has 0 spiro atoms. The van der Waals surface area contributed by atoms with Crippen LogP contribution in [-0.2, 0) is 17.5 Å². The first-order chi connectivity index (χ1) is 12.7. The highest BCUT2D eigenvalue weighted by molar-refractivity contribution is 5.94. The lowest BCUT2D eigenvalue weighted by Gasteiger charge is -2.22. The Labute approximate surface area is 153 Å². The van der Waals surface area contributed by atoms with Crippen molar-refractivity contribution in [2.24, 2.45) is 0 Å². The lowest BCUT2D eigenvalue weighted by atomic mass is 9.96. The summed E-state index contributed by atoms with van der Waals surface area (Å²) in [6.07, 6.45) is 1.28. The van der Waals surface area contributed by atoms with Crippen LogP contribution in [0.5, 0.6) is 0 Å². The quantitative estimate of drug-likeness (QED) is 0.830. The predicted octanol–water partition coefficient (Wildman–Crippen LogP) is 2.30. The smallest absolute Gasteiger partial charge is 0.335 e. The summed E-state index contributed by atoms with van der Waals surface area (Å²) in [5.74, 6) is -1.02. The van der Waals surface area contributed by atoms with Crippen LogP contribution in [0.15, 0.2) is 10.9 Å². The molecular formula is C17H21F3N4O3. The van der Waals surface area contributed by atoms with Crippen molar-refractivity contribution >= 4 is 11.9 Å². The summed E-state index contributed by atoms with van der Waals surface area (Å²) in [5.41, 5.74) is -2.60. The van der Waals surface area contributed by atoms with E-state index in [0.29, 0.717) is 17.5 Å². The van der Waals surface area contributed by atoms with Crippen LogP contribution in [0.4, 0.5) is 18.0 Å². The van der Waals surface area contributed by atoms with Gasteiger partial charge >= 0.3 is 12.2 Å². The zero-order valence-corrected chi connectivity index (χ0v) is 14.6. The van der Waals surface area contributed by atoms with Crippen LogP contribution in [0.25, 0.3) is 0 Å². The molecule has 148 valence electrons. The second-order valence-electron chi connectivity index (χ2n) is 7.07. The van der Waals surface area contributed by atoms with Gasteiger partial charge in [0.15, 0.2) is 0 Å². The number of aromatic nitrogens is 2. The van der Waals surface area contributed by atoms with E-state index in [1.807, 2.05) is 0 Å². The normalized spacial score (nSPS) is 18.2. The molecule has 3 amide bonds. The Morgan fingerprint density at radius 3 is 2.41 bits per heavy atom. The fourth-order valence-corrected chi connectivity index (χ4v) is 3.22. The van der Waals surface area contributed by atoms with E-state index in [2.05, 4.69) is 15.7 Å². The minimum atomic E-state index is -4.83. The minimum Gasteiger partial charge on any atom is -0.335 e. The van der Waals surface area contributed by atoms with Crippen molar-refractivity contribution in [1.82, 2.24) is 20.4 Å². The molecule has 0 aromatic carbocycles. The summed E-state index contributed by atoms with van der Waals surface area (Å²) in [6, 6.07) is 0.0150. The first kappa shape index (κ1) is 19.4. The maximum Gasteiger partial charge on any atom is 0.421 e. The molecule has 2 N–H and O–H groups in total. The first-order valence-electron chi connectivity index (χ1n) is 9.03. The lowest BCUT2D eigenvalue weighted by Crippen LogP contribution is -2.47. The number of nitrogens with zero attached hydrogens (tertiary/aromatic N) is 2. The van der Waals surface area contributed by atoms with Gasteiger partial charge < -0.3 is 5.32 Å². The van der Waals surface area contributed by atoms with Crippen molar-refractivity contribution in [3.63, 3.8) is 0 Å². The molecular weight excluding hydrogens is 365 g/mol. The first-order valence-corrected chi connectivity index (χ1v) is 9.03. The van der Waals surface area contributed by atoms with Gasteiger partial charge in [-0.25, -0.2) is 9.48 Å². The van der Waals surface area contributed by atoms with Gasteiger partial charge in [-0.2, -0.15) is 18.3 Å². The number of carbonyl (C=O) groups excluding carboxylic acids is 2. The van der Waals surface area contributed by atoms with E-state index in [1.165, 1.54) is 0 Å². The summed E-state index contributed by atoms with van der Waals surface area (Å²) < 4.78 is 39.8. The third-order valence-electron chi connectivity index (χ3n) is 4.78. The Kier molecular flexibility index (Phi) is 5.52. The molecule has 0 bridgehead atoms. The number of halogens is 3. The van der Waals surface area contributed by atoms with E-state index < -0.39 is 35.8 Å². The number of nitrogens with one attached hydrogen (secondary N) is 2. The summed E-state index contributed by atoms with van der Waals surface area (Å²) in [4.78, 5) is 35.9. The number of carbonyl (C=O) groups is 2. The highest BCUT2D eigenvalue weighted by Gasteiger charge is 2.37. The SMILES string of the molecule is O=C(Cn1nc(C2CC2)cc(C(F)(F)F)c1=O)NC(=O)NC1CCCCC1. The molecule has 27 heavy (non-hydrogen) atoms. The van der Waals surface area contributed by atoms with Crippen molar-refractivity contribution in [2.45, 2.75) is 69.6 Å². The molecule has 0 atom stereocenters. The fourth-order valence-electron chi connectivity index (χ4n) is 3.22. The van der Waals surface area contributed by atoms with E-state index in [1.54, 1.807) is 0 Å². The van der Waals surface area contributed by atoms with E-state index in [9.17, 15) is 27.6 Å². The van der Waals surface area contributed by atoms with Crippen molar-refractivity contribution in [2.75, 3.05) is 0 Å². The third kappa shape index (κ3) is 5.08. The number of urea groups is 1. The van der Waals surface area contributed by atoms with Crippen LogP contribution < -0.4 is 16.2 Å². The van der Waals surface area contributed by atoms with Crippen LogP contribution in [0.1, 0.15) is 62.1 Å². The van der Waals surface area contributed by atoms with Crippen molar-refractivity contribution in [1.29, 1.82) is 0 Å². The molecule has 3 rings (SSSR count). The van der Waals surface area contributed by atoms with Gasteiger partial charge in [-0.15, -0.1) is 0 Å². The van der Waals surface area contributed by atoms with E-state index >= 15 is 0 Å². The topological polar surface area (TPSA) is 93.1 Å². The number of rotatable bonds is 4. The number of hydrogen-bond acceptors (Lipinski definition) is 4. The van der Waals surface area contributed by atoms with Crippen LogP contribution in [-0.4, -0.2) is 27.8 Å². The van der Waals surface area contributed by atoms with Gasteiger partial charge in [0.1, 0.15) is 12.1 Å². The van der Waals surface area contributed by atoms with Gasteiger partial charge in [-0.1, -0.05) is 19.3 Å². The molecule has 0 aliphatic heterocycles. The van der Waals surface area contributed by atoms with Crippen LogP contribution in [0.3, 0.4) is 0 Å². The van der Waals surface area contributed by atoms with E-state index in [0.717, 1.165) is 38.2 Å². The number of amides is 3. The molecule has 2 aliphatic rings. The van der Waals surface area contributed by atoms with Crippen molar-refractivity contribution < 1.29 is 22.8 Å². The van der Waals surface area contributed by atoms with Crippen LogP contribution in [0.2, 0.25) is 0 Å². The second kappa shape index (κ2) is 7.69. The molecule has 2 saturated carbocycles. The monoisotopic (exact) mass is 386 g/mol. The lowest BCUT2D eigenvalue weighted by molar-refractivity contribution is -0.139. The zero-order valence-electron chi connectivity index (χ0n) is 14.6. The largest absolute Gasteiger partial charge is 0.421 e. The Bertz CT molecular complexity index is 781. The molecule has 7 nitrogen and oxygen atoms in total. The molecule has 2 aliphatic carbocycles. The standard InChI is InChI=1S/C17H21F3N4O3/c18-17(19,20)12-8-13(10-6-7-10)23-24(15(12)26)9-14(25)22-16(27)21-11-4-2-1-3-5-11/h8,10-11H,1-7,9H2,(H2,21,22,25,27). The average molecular weight is 386 g/mol. The van der Waals surface area contributed by atoms with Crippen molar-refractivity contribution in [3.8, 4) is 0 Å². The second-order valence-corrected chi connectivity index (χ2v) is 7.07. The fraction of sp³-hybridized carbons (Fsp3) is 0.647.